The first-order chi connectivity index (χ1) is 26.4. The van der Waals surface area contributed by atoms with E-state index in [9.17, 15) is 0 Å². The molecule has 2 aromatic heterocycles. The summed E-state index contributed by atoms with van der Waals surface area (Å²) in [6.07, 6.45) is 24.5. The summed E-state index contributed by atoms with van der Waals surface area (Å²) in [7, 11) is 0. The number of unbranched alkanes of at least 4 members (excludes halogenated alkanes) is 2. The maximum atomic E-state index is 6.26. The molecule has 0 saturated heterocycles. The van der Waals surface area contributed by atoms with Gasteiger partial charge in [0.05, 0.1) is 42.2 Å². The highest BCUT2D eigenvalue weighted by molar-refractivity contribution is 5.77. The van der Waals surface area contributed by atoms with Gasteiger partial charge in [-0.05, 0) is 91.4 Å². The Morgan fingerprint density at radius 3 is 1.85 bits per heavy atom. The molecule has 0 saturated carbocycles. The Balaban J connectivity index is 0.00000210. The SMILES string of the molecule is C#Cc1cc(OCC(CC)CCCC)ccc1-c1cc(-c2ccnn2-c2c[c]ccc2)nc(-c2ccc(OCC(CC)CCCC)cc2C#C)n1.CCC.[H].[H]. The minimum atomic E-state index is 0. The minimum absolute atomic E-state index is 0. The third-order valence-electron chi connectivity index (χ3n) is 9.43. The van der Waals surface area contributed by atoms with Gasteiger partial charge in [-0.1, -0.05) is 110 Å². The lowest BCUT2D eigenvalue weighted by Gasteiger charge is -2.17. The second-order valence-electron chi connectivity index (χ2n) is 13.7. The first-order valence-electron chi connectivity index (χ1n) is 19.8. The van der Waals surface area contributed by atoms with Crippen LogP contribution in [0, 0.1) is 42.6 Å². The molecule has 0 bridgehead atoms. The lowest BCUT2D eigenvalue weighted by Crippen LogP contribution is -2.11. The number of terminal acetylenes is 2. The molecule has 2 atom stereocenters. The van der Waals surface area contributed by atoms with Crippen LogP contribution in [0.4, 0.5) is 0 Å². The van der Waals surface area contributed by atoms with Crippen LogP contribution in [0.25, 0.3) is 39.7 Å². The van der Waals surface area contributed by atoms with Crippen molar-refractivity contribution in [2.45, 2.75) is 99.3 Å². The normalized spacial score (nSPS) is 11.8. The average Bonchev–Trinajstić information content (AvgIpc) is 3.72. The van der Waals surface area contributed by atoms with E-state index in [1.165, 1.54) is 32.1 Å². The van der Waals surface area contributed by atoms with Crippen LogP contribution in [-0.4, -0.2) is 33.0 Å². The molecule has 2 heterocycles. The fourth-order valence-corrected chi connectivity index (χ4v) is 6.16. The molecule has 0 aliphatic heterocycles. The summed E-state index contributed by atoms with van der Waals surface area (Å²) < 4.78 is 14.3. The molecule has 0 aliphatic carbocycles. The van der Waals surface area contributed by atoms with Crippen molar-refractivity contribution in [3.05, 3.63) is 96.2 Å². The molecule has 0 fully saturated rings. The van der Waals surface area contributed by atoms with Gasteiger partial charge in [0.1, 0.15) is 11.5 Å². The Hall–Kier alpha value is -5.33. The molecule has 283 valence electrons. The zero-order valence-corrected chi connectivity index (χ0v) is 33.2. The smallest absolute Gasteiger partial charge is 0.161 e. The summed E-state index contributed by atoms with van der Waals surface area (Å²) in [6, 6.07) is 26.4. The lowest BCUT2D eigenvalue weighted by atomic mass is 10.00. The van der Waals surface area contributed by atoms with Crippen molar-refractivity contribution in [2.24, 2.45) is 11.8 Å². The van der Waals surface area contributed by atoms with Gasteiger partial charge >= 0.3 is 0 Å². The van der Waals surface area contributed by atoms with E-state index < -0.39 is 0 Å². The molecule has 2 unspecified atom stereocenters. The van der Waals surface area contributed by atoms with Crippen molar-refractivity contribution in [3.8, 4) is 75.9 Å². The molecular formula is C48H59N4O2. The van der Waals surface area contributed by atoms with E-state index >= 15 is 0 Å². The second kappa shape index (κ2) is 22.0. The Bertz CT molecular complexity index is 1880. The number of nitrogens with zero attached hydrogens (tertiary/aromatic N) is 4. The van der Waals surface area contributed by atoms with Crippen molar-refractivity contribution in [2.75, 3.05) is 13.2 Å². The zero-order valence-electron chi connectivity index (χ0n) is 35.2. The highest BCUT2D eigenvalue weighted by atomic mass is 16.5. The van der Waals surface area contributed by atoms with Gasteiger partial charge in [-0.25, -0.2) is 14.6 Å². The van der Waals surface area contributed by atoms with E-state index in [4.69, 9.17) is 32.3 Å². The van der Waals surface area contributed by atoms with Gasteiger partial charge in [-0.2, -0.15) is 5.10 Å². The molecule has 0 aliphatic rings. The zero-order chi connectivity index (χ0) is 38.7. The highest BCUT2D eigenvalue weighted by Crippen LogP contribution is 2.34. The van der Waals surface area contributed by atoms with E-state index in [1.807, 2.05) is 77.5 Å². The predicted octanol–water partition coefficient (Wildman–Crippen LogP) is 12.3. The molecule has 0 N–H and O–H groups in total. The van der Waals surface area contributed by atoms with Crippen LogP contribution in [0.15, 0.2) is 79.0 Å². The number of benzene rings is 3. The molecule has 54 heavy (non-hydrogen) atoms. The van der Waals surface area contributed by atoms with Crippen LogP contribution in [0.2, 0.25) is 0 Å². The molecule has 3 radical (unpaired) electrons. The third kappa shape index (κ3) is 11.3. The highest BCUT2D eigenvalue weighted by Gasteiger charge is 2.19. The van der Waals surface area contributed by atoms with Crippen LogP contribution in [0.5, 0.6) is 11.5 Å². The van der Waals surface area contributed by atoms with Gasteiger partial charge in [-0.15, -0.1) is 12.8 Å². The quantitative estimate of drug-likeness (QED) is 0.0842. The summed E-state index contributed by atoms with van der Waals surface area (Å²) in [5.74, 6) is 8.72. The van der Waals surface area contributed by atoms with Crippen LogP contribution in [0.1, 0.15) is 113 Å². The summed E-state index contributed by atoms with van der Waals surface area (Å²) in [6.45, 7) is 14.4. The Kier molecular flexibility index (Phi) is 16.9. The van der Waals surface area contributed by atoms with Crippen molar-refractivity contribution in [3.63, 3.8) is 0 Å². The number of hydrogen-bond donors (Lipinski definition) is 0. The van der Waals surface area contributed by atoms with Crippen molar-refractivity contribution < 1.29 is 12.3 Å². The van der Waals surface area contributed by atoms with E-state index in [2.05, 4.69) is 64.5 Å². The largest absolute Gasteiger partial charge is 0.493 e. The summed E-state index contributed by atoms with van der Waals surface area (Å²) in [4.78, 5) is 10.2. The van der Waals surface area contributed by atoms with Crippen molar-refractivity contribution >= 4 is 0 Å². The molecule has 3 aromatic carbocycles. The summed E-state index contributed by atoms with van der Waals surface area (Å²) in [5.41, 5.74) is 5.86. The number of aromatic nitrogens is 4. The topological polar surface area (TPSA) is 62.1 Å². The molecule has 0 amide bonds. The molecule has 6 heteroatoms. The first kappa shape index (κ1) is 41.4. The fourth-order valence-electron chi connectivity index (χ4n) is 6.16. The molecular weight excluding hydrogens is 665 g/mol. The molecule has 5 rings (SSSR count). The third-order valence-corrected chi connectivity index (χ3v) is 9.43. The van der Waals surface area contributed by atoms with E-state index in [0.717, 1.165) is 59.7 Å². The van der Waals surface area contributed by atoms with Gasteiger partial charge in [0.25, 0.3) is 0 Å². The number of hydrogen-bond acceptors (Lipinski definition) is 5. The van der Waals surface area contributed by atoms with Crippen LogP contribution in [0.3, 0.4) is 0 Å². The molecule has 6 nitrogen and oxygen atoms in total. The van der Waals surface area contributed by atoms with Gasteiger partial charge in [0.2, 0.25) is 0 Å². The molecule has 5 aromatic rings. The van der Waals surface area contributed by atoms with Gasteiger partial charge in [-0.3, -0.25) is 0 Å². The Labute approximate surface area is 327 Å². The standard InChI is InChI=1S/C45H49N4O2.C3H8.2H/c1-7-13-18-33(9-3)31-50-38-22-24-40(35(11-5)28-38)42-30-43(44-26-27-46-49(44)37-20-16-15-17-21-37)48-45(47-42)41-25-23-39(29-36(41)12-6)51-32-34(10-4)19-14-8-2;1-3-2;;/h5-6,15-16,20-30,33-34H,7-10,13-14,18-19,31-32H2,1-4H3;3H2,1-2H3;;. The van der Waals surface area contributed by atoms with Gasteiger partial charge in [0, 0.05) is 25.1 Å². The van der Waals surface area contributed by atoms with E-state index in [1.54, 1.807) is 6.20 Å². The van der Waals surface area contributed by atoms with Crippen molar-refractivity contribution in [1.82, 2.24) is 19.7 Å². The maximum absolute atomic E-state index is 6.26. The van der Waals surface area contributed by atoms with E-state index in [-0.39, 0.29) is 2.85 Å². The maximum Gasteiger partial charge on any atom is 0.161 e. The number of rotatable bonds is 18. The van der Waals surface area contributed by atoms with Crippen LogP contribution in [-0.2, 0) is 0 Å². The summed E-state index contributed by atoms with van der Waals surface area (Å²) >= 11 is 0. The van der Waals surface area contributed by atoms with Gasteiger partial charge < -0.3 is 9.47 Å². The average molecular weight is 724 g/mol. The fraction of sp³-hybridized carbons (Fsp3) is 0.396. The van der Waals surface area contributed by atoms with Gasteiger partial charge in [0.15, 0.2) is 5.82 Å². The second-order valence-corrected chi connectivity index (χ2v) is 13.7. The monoisotopic (exact) mass is 723 g/mol. The summed E-state index contributed by atoms with van der Waals surface area (Å²) in [5, 5.41) is 4.62. The predicted molar refractivity (Wildman–Crippen MR) is 226 cm³/mol. The van der Waals surface area contributed by atoms with Crippen LogP contribution >= 0.6 is 0 Å². The van der Waals surface area contributed by atoms with E-state index in [0.29, 0.717) is 53.4 Å². The minimum Gasteiger partial charge on any atom is -0.493 e. The first-order valence-corrected chi connectivity index (χ1v) is 19.8. The van der Waals surface area contributed by atoms with Crippen molar-refractivity contribution in [1.29, 1.82) is 0 Å². The van der Waals surface area contributed by atoms with Crippen LogP contribution < -0.4 is 9.47 Å². The Morgan fingerprint density at radius 2 is 1.31 bits per heavy atom. The Morgan fingerprint density at radius 1 is 0.741 bits per heavy atom. The molecule has 0 spiro atoms. The number of ether oxygens (including phenoxy) is 2. The lowest BCUT2D eigenvalue weighted by molar-refractivity contribution is 0.233.